The largest absolute Gasteiger partial charge is 0.462 e. The summed E-state index contributed by atoms with van der Waals surface area (Å²) in [5.41, 5.74) is 0. The van der Waals surface area contributed by atoms with Crippen molar-refractivity contribution in [1.29, 1.82) is 0 Å². The maximum Gasteiger partial charge on any atom is 0.306 e. The zero-order valence-electron chi connectivity index (χ0n) is 50.2. The van der Waals surface area contributed by atoms with Gasteiger partial charge in [-0.05, 0) is 116 Å². The van der Waals surface area contributed by atoms with Crippen LogP contribution in [0.4, 0.5) is 0 Å². The lowest BCUT2D eigenvalue weighted by Gasteiger charge is -2.18. The number of carbonyl (C=O) groups excluding carboxylic acids is 3. The topological polar surface area (TPSA) is 78.9 Å². The second-order valence-electron chi connectivity index (χ2n) is 20.9. The lowest BCUT2D eigenvalue weighted by molar-refractivity contribution is -0.167. The molecule has 0 aromatic heterocycles. The van der Waals surface area contributed by atoms with Crippen molar-refractivity contribution in [3.05, 3.63) is 122 Å². The smallest absolute Gasteiger partial charge is 0.306 e. The number of rotatable bonds is 57. The monoisotopic (exact) mass is 1070 g/mol. The Balaban J connectivity index is 4.21. The van der Waals surface area contributed by atoms with Crippen molar-refractivity contribution in [2.24, 2.45) is 0 Å². The Morgan fingerprint density at radius 2 is 0.506 bits per heavy atom. The quantitative estimate of drug-likeness (QED) is 0.0261. The summed E-state index contributed by atoms with van der Waals surface area (Å²) in [5.74, 6) is -0.908. The lowest BCUT2D eigenvalue weighted by Crippen LogP contribution is -2.30. The Labute approximate surface area is 475 Å². The fourth-order valence-electron chi connectivity index (χ4n) is 8.67. The van der Waals surface area contributed by atoms with Gasteiger partial charge in [-0.1, -0.05) is 277 Å². The Morgan fingerprint density at radius 1 is 0.273 bits per heavy atom. The Kier molecular flexibility index (Phi) is 60.8. The third kappa shape index (κ3) is 62.5. The van der Waals surface area contributed by atoms with E-state index in [1.165, 1.54) is 122 Å². The SMILES string of the molecule is CC/C=C\C/C=C\C/C=C\C/C=C\C/C=C\C/C=C\C/C=C\CCCCCCCCCC(=O)OCC(COC(=O)CCCCCCCCC)OC(=O)CCCCCCCCCC/C=C\C/C=C\C/C=C\CCCCCCC. The van der Waals surface area contributed by atoms with Gasteiger partial charge in [0.15, 0.2) is 6.10 Å². The van der Waals surface area contributed by atoms with Gasteiger partial charge < -0.3 is 14.2 Å². The molecule has 0 aromatic carbocycles. The summed E-state index contributed by atoms with van der Waals surface area (Å²) in [6.07, 6.45) is 89.4. The third-order valence-corrected chi connectivity index (χ3v) is 13.5. The van der Waals surface area contributed by atoms with Crippen LogP contribution in [-0.4, -0.2) is 37.2 Å². The number of esters is 3. The van der Waals surface area contributed by atoms with Crippen molar-refractivity contribution in [2.45, 2.75) is 297 Å². The molecule has 0 aromatic rings. The van der Waals surface area contributed by atoms with Gasteiger partial charge in [0.1, 0.15) is 13.2 Å². The van der Waals surface area contributed by atoms with Gasteiger partial charge in [-0.15, -0.1) is 0 Å². The van der Waals surface area contributed by atoms with E-state index in [4.69, 9.17) is 14.2 Å². The molecule has 1 unspecified atom stereocenters. The number of ether oxygens (including phenoxy) is 3. The minimum absolute atomic E-state index is 0.0856. The van der Waals surface area contributed by atoms with E-state index in [9.17, 15) is 14.4 Å². The Hall–Kier alpha value is -4.19. The summed E-state index contributed by atoms with van der Waals surface area (Å²) >= 11 is 0. The molecule has 438 valence electrons. The maximum absolute atomic E-state index is 12.9. The first kappa shape index (κ1) is 72.8. The second kappa shape index (κ2) is 64.3. The molecule has 0 saturated heterocycles. The molecule has 0 aliphatic rings. The van der Waals surface area contributed by atoms with Crippen molar-refractivity contribution in [1.82, 2.24) is 0 Å². The maximum atomic E-state index is 12.9. The van der Waals surface area contributed by atoms with Gasteiger partial charge in [0, 0.05) is 19.3 Å². The van der Waals surface area contributed by atoms with Crippen LogP contribution in [0.15, 0.2) is 122 Å². The third-order valence-electron chi connectivity index (χ3n) is 13.5. The van der Waals surface area contributed by atoms with E-state index in [0.717, 1.165) is 128 Å². The molecule has 6 heteroatoms. The highest BCUT2D eigenvalue weighted by atomic mass is 16.6. The van der Waals surface area contributed by atoms with E-state index in [0.29, 0.717) is 19.3 Å². The summed E-state index contributed by atoms with van der Waals surface area (Å²) in [6.45, 7) is 6.46. The van der Waals surface area contributed by atoms with Gasteiger partial charge in [-0.3, -0.25) is 14.4 Å². The molecule has 0 radical (unpaired) electrons. The van der Waals surface area contributed by atoms with Crippen molar-refractivity contribution in [2.75, 3.05) is 13.2 Å². The highest BCUT2D eigenvalue weighted by Gasteiger charge is 2.19. The van der Waals surface area contributed by atoms with Crippen LogP contribution in [-0.2, 0) is 28.6 Å². The van der Waals surface area contributed by atoms with Gasteiger partial charge >= 0.3 is 17.9 Å². The number of hydrogen-bond donors (Lipinski definition) is 0. The second-order valence-corrected chi connectivity index (χ2v) is 20.9. The molecule has 0 rings (SSSR count). The van der Waals surface area contributed by atoms with E-state index in [1.54, 1.807) is 0 Å². The molecule has 0 saturated carbocycles. The first-order chi connectivity index (χ1) is 38.0. The van der Waals surface area contributed by atoms with Crippen LogP contribution in [0, 0.1) is 0 Å². The van der Waals surface area contributed by atoms with Gasteiger partial charge in [-0.25, -0.2) is 0 Å². The van der Waals surface area contributed by atoms with Crippen LogP contribution >= 0.6 is 0 Å². The summed E-state index contributed by atoms with van der Waals surface area (Å²) in [5, 5.41) is 0. The Bertz CT molecular complexity index is 1600. The van der Waals surface area contributed by atoms with Crippen LogP contribution < -0.4 is 0 Å². The van der Waals surface area contributed by atoms with E-state index in [2.05, 4.69) is 142 Å². The molecule has 6 nitrogen and oxygen atoms in total. The fraction of sp³-hybridized carbons (Fsp3) is 0.676. The van der Waals surface area contributed by atoms with Crippen LogP contribution in [0.3, 0.4) is 0 Å². The van der Waals surface area contributed by atoms with Crippen LogP contribution in [0.2, 0.25) is 0 Å². The van der Waals surface area contributed by atoms with Gasteiger partial charge in [0.2, 0.25) is 0 Å². The summed E-state index contributed by atoms with van der Waals surface area (Å²) in [7, 11) is 0. The first-order valence-electron chi connectivity index (χ1n) is 32.0. The van der Waals surface area contributed by atoms with Gasteiger partial charge in [-0.2, -0.15) is 0 Å². The van der Waals surface area contributed by atoms with E-state index in [1.807, 2.05) is 0 Å². The number of allylic oxidation sites excluding steroid dienone is 20. The highest BCUT2D eigenvalue weighted by molar-refractivity contribution is 5.71. The predicted molar refractivity (Wildman–Crippen MR) is 334 cm³/mol. The summed E-state index contributed by atoms with van der Waals surface area (Å²) < 4.78 is 16.8. The molecule has 0 amide bonds. The minimum Gasteiger partial charge on any atom is -0.462 e. The summed E-state index contributed by atoms with van der Waals surface area (Å²) in [6, 6.07) is 0. The molecule has 0 spiro atoms. The molecule has 0 heterocycles. The average Bonchev–Trinajstić information content (AvgIpc) is 3.43. The molecule has 77 heavy (non-hydrogen) atoms. The van der Waals surface area contributed by atoms with Crippen LogP contribution in [0.1, 0.15) is 290 Å². The van der Waals surface area contributed by atoms with E-state index >= 15 is 0 Å². The molecular weight excluding hydrogens is 949 g/mol. The van der Waals surface area contributed by atoms with Crippen molar-refractivity contribution in [3.63, 3.8) is 0 Å². The molecule has 0 bridgehead atoms. The average molecular weight is 1070 g/mol. The number of carbonyl (C=O) groups is 3. The molecule has 0 aliphatic heterocycles. The molecule has 0 aliphatic carbocycles. The van der Waals surface area contributed by atoms with Crippen molar-refractivity contribution < 1.29 is 28.6 Å². The number of hydrogen-bond acceptors (Lipinski definition) is 6. The highest BCUT2D eigenvalue weighted by Crippen LogP contribution is 2.15. The van der Waals surface area contributed by atoms with Gasteiger partial charge in [0.05, 0.1) is 0 Å². The minimum atomic E-state index is -0.788. The molecule has 1 atom stereocenters. The van der Waals surface area contributed by atoms with Crippen LogP contribution in [0.25, 0.3) is 0 Å². The summed E-state index contributed by atoms with van der Waals surface area (Å²) in [4.78, 5) is 38.1. The molecular formula is C71H118O6. The van der Waals surface area contributed by atoms with E-state index < -0.39 is 6.10 Å². The van der Waals surface area contributed by atoms with E-state index in [-0.39, 0.29) is 31.1 Å². The standard InChI is InChI=1S/C71H118O6/c1-4-7-10-13-16-18-20-22-24-26-28-30-32-33-34-35-36-37-39-40-42-44-46-48-50-52-55-58-61-64-70(73)76-67-68(66-75-69(72)63-60-57-54-15-12-9-6-3)77-71(74)65-62-59-56-53-51-49-47-45-43-41-38-31-29-27-25-23-21-19-17-14-11-8-5-2/h7,10,16,18,21-24,27-30,33-34,36-38,40-42,68H,4-6,8-9,11-15,17,19-20,25-26,31-32,35,39,43-67H2,1-3H3/b10-7-,18-16-,23-21-,24-22-,29-27-,30-28-,34-33-,37-36-,41-38-,42-40-. The molecule has 0 fully saturated rings. The zero-order valence-corrected chi connectivity index (χ0v) is 50.2. The molecule has 0 N–H and O–H groups in total. The predicted octanol–water partition coefficient (Wildman–Crippen LogP) is 22.0. The van der Waals surface area contributed by atoms with Crippen molar-refractivity contribution >= 4 is 17.9 Å². The lowest BCUT2D eigenvalue weighted by atomic mass is 10.1. The fourth-order valence-corrected chi connectivity index (χ4v) is 8.67. The van der Waals surface area contributed by atoms with Crippen LogP contribution in [0.5, 0.6) is 0 Å². The Morgan fingerprint density at radius 3 is 0.792 bits per heavy atom. The zero-order chi connectivity index (χ0) is 55.7. The van der Waals surface area contributed by atoms with Gasteiger partial charge in [0.25, 0.3) is 0 Å². The number of unbranched alkanes of at least 4 members (excludes halogenated alkanes) is 26. The first-order valence-corrected chi connectivity index (χ1v) is 32.0. The van der Waals surface area contributed by atoms with Crippen molar-refractivity contribution in [3.8, 4) is 0 Å². The normalized spacial score (nSPS) is 12.9.